The van der Waals surface area contributed by atoms with Crippen molar-refractivity contribution in [1.29, 1.82) is 0 Å². The molecule has 0 fully saturated rings. The lowest BCUT2D eigenvalue weighted by Gasteiger charge is -2.13. The highest BCUT2D eigenvalue weighted by atomic mass is 35.5. The van der Waals surface area contributed by atoms with Gasteiger partial charge in [0.2, 0.25) is 5.91 Å². The van der Waals surface area contributed by atoms with Crippen molar-refractivity contribution in [2.24, 2.45) is 0 Å². The Morgan fingerprint density at radius 2 is 2.04 bits per heavy atom. The van der Waals surface area contributed by atoms with Crippen LogP contribution >= 0.6 is 23.4 Å². The summed E-state index contributed by atoms with van der Waals surface area (Å²) < 4.78 is 1.51. The molecule has 134 valence electrons. The summed E-state index contributed by atoms with van der Waals surface area (Å²) in [6, 6.07) is 14.2. The first-order chi connectivity index (χ1) is 12.6. The third kappa shape index (κ3) is 4.08. The summed E-state index contributed by atoms with van der Waals surface area (Å²) >= 11 is 7.33. The van der Waals surface area contributed by atoms with Crippen molar-refractivity contribution in [3.8, 4) is 5.69 Å². The number of benzene rings is 2. The summed E-state index contributed by atoms with van der Waals surface area (Å²) in [5.41, 5.74) is 1.04. The van der Waals surface area contributed by atoms with Gasteiger partial charge in [0.25, 0.3) is 5.56 Å². The molecule has 7 heteroatoms. The number of hydrogen-bond acceptors (Lipinski definition) is 4. The van der Waals surface area contributed by atoms with E-state index in [4.69, 9.17) is 11.6 Å². The molecule has 0 atom stereocenters. The Balaban J connectivity index is 2.06. The van der Waals surface area contributed by atoms with E-state index in [1.165, 1.54) is 16.3 Å². The Morgan fingerprint density at radius 3 is 2.81 bits per heavy atom. The topological polar surface area (TPSA) is 64.0 Å². The minimum absolute atomic E-state index is 0.0862. The van der Waals surface area contributed by atoms with E-state index in [2.05, 4.69) is 10.3 Å². The molecule has 0 spiro atoms. The zero-order valence-electron chi connectivity index (χ0n) is 14.2. The zero-order chi connectivity index (χ0) is 18.5. The van der Waals surface area contributed by atoms with Crippen LogP contribution in [0.3, 0.4) is 0 Å². The molecule has 0 unspecified atom stereocenters. The molecule has 0 aliphatic heterocycles. The van der Waals surface area contributed by atoms with Gasteiger partial charge in [0, 0.05) is 11.6 Å². The number of amides is 1. The van der Waals surface area contributed by atoms with Gasteiger partial charge < -0.3 is 5.32 Å². The van der Waals surface area contributed by atoms with Crippen LogP contribution in [0.1, 0.15) is 13.3 Å². The van der Waals surface area contributed by atoms with E-state index in [1.54, 1.807) is 42.5 Å². The van der Waals surface area contributed by atoms with E-state index in [1.807, 2.05) is 13.0 Å². The van der Waals surface area contributed by atoms with Crippen molar-refractivity contribution in [1.82, 2.24) is 14.9 Å². The Morgan fingerprint density at radius 1 is 1.23 bits per heavy atom. The number of carbonyl (C=O) groups excluding carboxylic acids is 1. The van der Waals surface area contributed by atoms with Crippen molar-refractivity contribution in [2.75, 3.05) is 12.3 Å². The molecule has 1 aromatic heterocycles. The fourth-order valence-corrected chi connectivity index (χ4v) is 3.52. The van der Waals surface area contributed by atoms with E-state index in [-0.39, 0.29) is 17.2 Å². The Labute approximate surface area is 160 Å². The number of thioether (sulfide) groups is 1. The lowest BCUT2D eigenvalue weighted by Crippen LogP contribution is -2.27. The Kier molecular flexibility index (Phi) is 5.96. The first kappa shape index (κ1) is 18.5. The number of para-hydroxylation sites is 1. The lowest BCUT2D eigenvalue weighted by atomic mass is 10.2. The highest BCUT2D eigenvalue weighted by Gasteiger charge is 2.14. The van der Waals surface area contributed by atoms with Crippen molar-refractivity contribution < 1.29 is 4.79 Å². The molecule has 26 heavy (non-hydrogen) atoms. The maximum Gasteiger partial charge on any atom is 0.266 e. The monoisotopic (exact) mass is 387 g/mol. The summed E-state index contributed by atoms with van der Waals surface area (Å²) in [5, 5.41) is 4.34. The van der Waals surface area contributed by atoms with Crippen LogP contribution in [0.4, 0.5) is 0 Å². The van der Waals surface area contributed by atoms with Gasteiger partial charge in [0.1, 0.15) is 0 Å². The van der Waals surface area contributed by atoms with E-state index < -0.39 is 0 Å². The molecule has 0 aliphatic rings. The molecule has 3 rings (SSSR count). The average Bonchev–Trinajstić information content (AvgIpc) is 2.64. The van der Waals surface area contributed by atoms with Crippen molar-refractivity contribution in [3.63, 3.8) is 0 Å². The predicted molar refractivity (Wildman–Crippen MR) is 106 cm³/mol. The van der Waals surface area contributed by atoms with Crippen molar-refractivity contribution in [2.45, 2.75) is 18.5 Å². The number of aromatic nitrogens is 2. The number of carbonyl (C=O) groups is 1. The third-order valence-electron chi connectivity index (χ3n) is 3.72. The first-order valence-electron chi connectivity index (χ1n) is 8.27. The molecule has 0 saturated heterocycles. The number of rotatable bonds is 6. The molecule has 1 amide bonds. The number of hydrogen-bond donors (Lipinski definition) is 1. The summed E-state index contributed by atoms with van der Waals surface area (Å²) in [5.74, 6) is 0.0997. The quantitative estimate of drug-likeness (QED) is 0.518. The minimum atomic E-state index is -0.186. The van der Waals surface area contributed by atoms with Gasteiger partial charge in [-0.1, -0.05) is 48.5 Å². The van der Waals surface area contributed by atoms with E-state index in [9.17, 15) is 9.59 Å². The molecular formula is C19H18ClN3O2S. The van der Waals surface area contributed by atoms with Gasteiger partial charge in [-0.2, -0.15) is 0 Å². The standard InChI is InChI=1S/C19H18ClN3O2S/c1-2-10-21-17(24)12-26-19-22-16-9-4-3-8-15(16)18(25)23(19)14-7-5-6-13(20)11-14/h3-9,11H,2,10,12H2,1H3,(H,21,24). The smallest absolute Gasteiger partial charge is 0.266 e. The molecule has 2 aromatic carbocycles. The number of nitrogens with zero attached hydrogens (tertiary/aromatic N) is 2. The predicted octanol–water partition coefficient (Wildman–Crippen LogP) is 3.66. The summed E-state index contributed by atoms with van der Waals surface area (Å²) in [6.45, 7) is 2.63. The van der Waals surface area contributed by atoms with Crippen LogP contribution < -0.4 is 10.9 Å². The summed E-state index contributed by atoms with van der Waals surface area (Å²) in [6.07, 6.45) is 0.873. The van der Waals surface area contributed by atoms with Gasteiger partial charge in [0.05, 0.1) is 22.3 Å². The van der Waals surface area contributed by atoms with Gasteiger partial charge in [-0.15, -0.1) is 0 Å². The van der Waals surface area contributed by atoms with Crippen LogP contribution in [0, 0.1) is 0 Å². The van der Waals surface area contributed by atoms with Crippen LogP contribution in [0.5, 0.6) is 0 Å². The highest BCUT2D eigenvalue weighted by molar-refractivity contribution is 7.99. The minimum Gasteiger partial charge on any atom is -0.355 e. The maximum atomic E-state index is 13.0. The number of halogens is 1. The normalized spacial score (nSPS) is 10.8. The molecule has 0 saturated carbocycles. The van der Waals surface area contributed by atoms with E-state index >= 15 is 0 Å². The van der Waals surface area contributed by atoms with Gasteiger partial charge in [0.15, 0.2) is 5.16 Å². The number of nitrogens with one attached hydrogen (secondary N) is 1. The van der Waals surface area contributed by atoms with Crippen LogP contribution in [-0.2, 0) is 4.79 Å². The second-order valence-electron chi connectivity index (χ2n) is 5.67. The average molecular weight is 388 g/mol. The zero-order valence-corrected chi connectivity index (χ0v) is 15.8. The van der Waals surface area contributed by atoms with Crippen LogP contribution in [-0.4, -0.2) is 27.8 Å². The molecule has 1 N–H and O–H groups in total. The SMILES string of the molecule is CCCNC(=O)CSc1nc2ccccc2c(=O)n1-c1cccc(Cl)c1. The molecule has 1 heterocycles. The van der Waals surface area contributed by atoms with Gasteiger partial charge in [-0.3, -0.25) is 14.2 Å². The Hall–Kier alpha value is -2.31. The van der Waals surface area contributed by atoms with Crippen molar-refractivity contribution in [3.05, 3.63) is 63.9 Å². The molecule has 0 bridgehead atoms. The van der Waals surface area contributed by atoms with Gasteiger partial charge >= 0.3 is 0 Å². The highest BCUT2D eigenvalue weighted by Crippen LogP contribution is 2.22. The fraction of sp³-hybridized carbons (Fsp3) is 0.211. The van der Waals surface area contributed by atoms with Gasteiger partial charge in [-0.05, 0) is 36.8 Å². The van der Waals surface area contributed by atoms with Crippen LogP contribution in [0.15, 0.2) is 58.5 Å². The Bertz CT molecular complexity index is 1000. The van der Waals surface area contributed by atoms with Gasteiger partial charge in [-0.25, -0.2) is 4.98 Å². The molecule has 3 aromatic rings. The van der Waals surface area contributed by atoms with E-state index in [0.717, 1.165) is 6.42 Å². The fourth-order valence-electron chi connectivity index (χ4n) is 2.50. The first-order valence-corrected chi connectivity index (χ1v) is 9.63. The molecule has 0 aliphatic carbocycles. The van der Waals surface area contributed by atoms with Crippen LogP contribution in [0.2, 0.25) is 5.02 Å². The lowest BCUT2D eigenvalue weighted by molar-refractivity contribution is -0.118. The summed E-state index contributed by atoms with van der Waals surface area (Å²) in [7, 11) is 0. The van der Waals surface area contributed by atoms with Crippen molar-refractivity contribution >= 4 is 40.2 Å². The molecular weight excluding hydrogens is 370 g/mol. The maximum absolute atomic E-state index is 13.0. The molecule has 5 nitrogen and oxygen atoms in total. The number of fused-ring (bicyclic) bond motifs is 1. The second kappa shape index (κ2) is 8.38. The third-order valence-corrected chi connectivity index (χ3v) is 4.89. The van der Waals surface area contributed by atoms with Crippen LogP contribution in [0.25, 0.3) is 16.6 Å². The molecule has 0 radical (unpaired) electrons. The summed E-state index contributed by atoms with van der Waals surface area (Å²) in [4.78, 5) is 29.6. The largest absolute Gasteiger partial charge is 0.355 e. The second-order valence-corrected chi connectivity index (χ2v) is 7.05. The van der Waals surface area contributed by atoms with E-state index in [0.29, 0.717) is 33.3 Å².